The highest BCUT2D eigenvalue weighted by Gasteiger charge is 2.11. The van der Waals surface area contributed by atoms with Crippen LogP contribution in [0.1, 0.15) is 25.3 Å². The van der Waals surface area contributed by atoms with Crippen LogP contribution in [0, 0.1) is 0 Å². The van der Waals surface area contributed by atoms with Gasteiger partial charge in [-0.2, -0.15) is 4.98 Å². The predicted octanol–water partition coefficient (Wildman–Crippen LogP) is 3.36. The van der Waals surface area contributed by atoms with Crippen molar-refractivity contribution in [2.75, 3.05) is 19.5 Å². The molecule has 0 aromatic carbocycles. The summed E-state index contributed by atoms with van der Waals surface area (Å²) in [4.78, 5) is 8.63. The maximum Gasteiger partial charge on any atom is 0.240 e. The molecule has 0 saturated heterocycles. The van der Waals surface area contributed by atoms with Crippen molar-refractivity contribution in [3.8, 4) is 11.8 Å². The van der Waals surface area contributed by atoms with Crippen LogP contribution < -0.4 is 14.8 Å². The highest BCUT2D eigenvalue weighted by Crippen LogP contribution is 2.30. The van der Waals surface area contributed by atoms with Gasteiger partial charge in [-0.1, -0.05) is 19.9 Å². The molecule has 0 aliphatic heterocycles. The van der Waals surface area contributed by atoms with Gasteiger partial charge in [0.15, 0.2) is 0 Å². The summed E-state index contributed by atoms with van der Waals surface area (Å²) in [6.07, 6.45) is 1.76. The van der Waals surface area contributed by atoms with Gasteiger partial charge in [0.25, 0.3) is 0 Å². The first-order valence-corrected chi connectivity index (χ1v) is 6.46. The van der Waals surface area contributed by atoms with Crippen molar-refractivity contribution >= 4 is 11.5 Å². The van der Waals surface area contributed by atoms with Gasteiger partial charge >= 0.3 is 0 Å². The van der Waals surface area contributed by atoms with Crippen molar-refractivity contribution < 1.29 is 9.47 Å². The summed E-state index contributed by atoms with van der Waals surface area (Å²) >= 11 is 0. The summed E-state index contributed by atoms with van der Waals surface area (Å²) in [5.41, 5.74) is 1.90. The van der Waals surface area contributed by atoms with Crippen LogP contribution in [0.3, 0.4) is 0 Å². The third kappa shape index (κ3) is 2.99. The molecule has 0 bridgehead atoms. The number of aromatic nitrogens is 2. The van der Waals surface area contributed by atoms with E-state index in [2.05, 4.69) is 35.2 Å². The molecule has 106 valence electrons. The zero-order chi connectivity index (χ0) is 14.5. The molecule has 0 amide bonds. The number of methoxy groups -OCH3 is 2. The molecule has 20 heavy (non-hydrogen) atoms. The van der Waals surface area contributed by atoms with E-state index in [0.717, 1.165) is 17.1 Å². The van der Waals surface area contributed by atoms with Crippen molar-refractivity contribution in [2.24, 2.45) is 0 Å². The van der Waals surface area contributed by atoms with Gasteiger partial charge in [0, 0.05) is 12.3 Å². The average Bonchev–Trinajstić information content (AvgIpc) is 2.48. The van der Waals surface area contributed by atoms with E-state index in [1.54, 1.807) is 26.5 Å². The fourth-order valence-electron chi connectivity index (χ4n) is 1.90. The second-order valence-corrected chi connectivity index (χ2v) is 4.63. The molecule has 0 fully saturated rings. The van der Waals surface area contributed by atoms with Crippen LogP contribution >= 0.6 is 0 Å². The van der Waals surface area contributed by atoms with E-state index in [-0.39, 0.29) is 0 Å². The Morgan fingerprint density at radius 1 is 1.10 bits per heavy atom. The number of hydrogen-bond acceptors (Lipinski definition) is 5. The quantitative estimate of drug-likeness (QED) is 0.905. The molecule has 2 rings (SSSR count). The van der Waals surface area contributed by atoms with Crippen LogP contribution in [0.25, 0.3) is 0 Å². The maximum atomic E-state index is 5.28. The van der Waals surface area contributed by atoms with E-state index in [9.17, 15) is 0 Å². The standard InChI is InChI=1S/C15H19N3O2/c1-10(2)11-6-5-9-16-14(11)17-12-7-8-13(19-3)18-15(12)20-4/h5-10H,1-4H3,(H,16,17). The van der Waals surface area contributed by atoms with Crippen molar-refractivity contribution in [3.05, 3.63) is 36.0 Å². The number of nitrogens with zero attached hydrogens (tertiary/aromatic N) is 2. The minimum Gasteiger partial charge on any atom is -0.481 e. The number of rotatable bonds is 5. The molecule has 5 nitrogen and oxygen atoms in total. The van der Waals surface area contributed by atoms with E-state index < -0.39 is 0 Å². The van der Waals surface area contributed by atoms with Crippen LogP contribution in [0.4, 0.5) is 11.5 Å². The molecule has 0 aliphatic rings. The molecule has 0 spiro atoms. The molecular weight excluding hydrogens is 254 g/mol. The van der Waals surface area contributed by atoms with E-state index in [1.165, 1.54) is 0 Å². The van der Waals surface area contributed by atoms with E-state index in [1.807, 2.05) is 12.1 Å². The first-order valence-electron chi connectivity index (χ1n) is 6.46. The monoisotopic (exact) mass is 273 g/mol. The third-order valence-corrected chi connectivity index (χ3v) is 2.95. The molecule has 1 N–H and O–H groups in total. The smallest absolute Gasteiger partial charge is 0.240 e. The molecule has 2 heterocycles. The van der Waals surface area contributed by atoms with Gasteiger partial charge < -0.3 is 14.8 Å². The van der Waals surface area contributed by atoms with E-state index in [4.69, 9.17) is 9.47 Å². The normalized spacial score (nSPS) is 10.4. The fourth-order valence-corrected chi connectivity index (χ4v) is 1.90. The summed E-state index contributed by atoms with van der Waals surface area (Å²) in [6.45, 7) is 4.26. The SMILES string of the molecule is COc1ccc(Nc2ncccc2C(C)C)c(OC)n1. The minimum absolute atomic E-state index is 0.378. The lowest BCUT2D eigenvalue weighted by atomic mass is 10.0. The first-order chi connectivity index (χ1) is 9.65. The molecule has 0 aliphatic carbocycles. The molecule has 5 heteroatoms. The van der Waals surface area contributed by atoms with Gasteiger partial charge in [0.2, 0.25) is 11.8 Å². The lowest BCUT2D eigenvalue weighted by Crippen LogP contribution is -2.03. The van der Waals surface area contributed by atoms with E-state index in [0.29, 0.717) is 17.7 Å². The Bertz CT molecular complexity index is 585. The second-order valence-electron chi connectivity index (χ2n) is 4.63. The van der Waals surface area contributed by atoms with Gasteiger partial charge in [-0.05, 0) is 23.6 Å². The Kier molecular flexibility index (Phi) is 4.40. The first kappa shape index (κ1) is 14.1. The highest BCUT2D eigenvalue weighted by molar-refractivity contribution is 5.64. The minimum atomic E-state index is 0.378. The fraction of sp³-hybridized carbons (Fsp3) is 0.333. The molecule has 2 aromatic heterocycles. The van der Waals surface area contributed by atoms with Gasteiger partial charge in [-0.25, -0.2) is 4.98 Å². The lowest BCUT2D eigenvalue weighted by Gasteiger charge is -2.15. The Balaban J connectivity index is 2.35. The Morgan fingerprint density at radius 3 is 2.55 bits per heavy atom. The van der Waals surface area contributed by atoms with Crippen LogP contribution in [0.15, 0.2) is 30.5 Å². The second kappa shape index (κ2) is 6.23. The summed E-state index contributed by atoms with van der Waals surface area (Å²) in [7, 11) is 3.15. The zero-order valence-electron chi connectivity index (χ0n) is 12.2. The number of ether oxygens (including phenoxy) is 2. The molecule has 0 saturated carbocycles. The molecule has 0 atom stereocenters. The predicted molar refractivity (Wildman–Crippen MR) is 78.9 cm³/mol. The lowest BCUT2D eigenvalue weighted by molar-refractivity contribution is 0.366. The Hall–Kier alpha value is -2.30. The van der Waals surface area contributed by atoms with Crippen molar-refractivity contribution in [1.82, 2.24) is 9.97 Å². The van der Waals surface area contributed by atoms with E-state index >= 15 is 0 Å². The highest BCUT2D eigenvalue weighted by atomic mass is 16.5. The molecule has 2 aromatic rings. The Labute approximate surface area is 119 Å². The zero-order valence-corrected chi connectivity index (χ0v) is 12.2. The van der Waals surface area contributed by atoms with Gasteiger partial charge in [0.05, 0.1) is 14.2 Å². The number of anilines is 2. The Morgan fingerprint density at radius 2 is 1.90 bits per heavy atom. The van der Waals surface area contributed by atoms with Crippen molar-refractivity contribution in [3.63, 3.8) is 0 Å². The van der Waals surface area contributed by atoms with Crippen LogP contribution in [0.2, 0.25) is 0 Å². The summed E-state index contributed by atoms with van der Waals surface area (Å²) in [5.74, 6) is 2.18. The average molecular weight is 273 g/mol. The summed E-state index contributed by atoms with van der Waals surface area (Å²) < 4.78 is 10.4. The molecular formula is C15H19N3O2. The largest absolute Gasteiger partial charge is 0.481 e. The van der Waals surface area contributed by atoms with Crippen molar-refractivity contribution in [2.45, 2.75) is 19.8 Å². The van der Waals surface area contributed by atoms with Crippen LogP contribution in [-0.2, 0) is 0 Å². The van der Waals surface area contributed by atoms with Gasteiger partial charge in [0.1, 0.15) is 11.5 Å². The van der Waals surface area contributed by atoms with Crippen LogP contribution in [0.5, 0.6) is 11.8 Å². The molecule has 0 radical (unpaired) electrons. The summed E-state index contributed by atoms with van der Waals surface area (Å²) in [5, 5.41) is 3.27. The topological polar surface area (TPSA) is 56.3 Å². The third-order valence-electron chi connectivity index (χ3n) is 2.95. The number of pyridine rings is 2. The van der Waals surface area contributed by atoms with Crippen molar-refractivity contribution in [1.29, 1.82) is 0 Å². The number of nitrogens with one attached hydrogen (secondary N) is 1. The van der Waals surface area contributed by atoms with Gasteiger partial charge in [-0.3, -0.25) is 0 Å². The molecule has 0 unspecified atom stereocenters. The number of hydrogen-bond donors (Lipinski definition) is 1. The van der Waals surface area contributed by atoms with Gasteiger partial charge in [-0.15, -0.1) is 0 Å². The summed E-state index contributed by atoms with van der Waals surface area (Å²) in [6, 6.07) is 7.64. The van der Waals surface area contributed by atoms with Crippen LogP contribution in [-0.4, -0.2) is 24.2 Å². The maximum absolute atomic E-state index is 5.28.